The zero-order valence-electron chi connectivity index (χ0n) is 10.6. The van der Waals surface area contributed by atoms with E-state index in [-0.39, 0.29) is 12.1 Å². The highest BCUT2D eigenvalue weighted by Crippen LogP contribution is 2.14. The Labute approximate surface area is 106 Å². The van der Waals surface area contributed by atoms with Crippen LogP contribution >= 0.6 is 0 Å². The minimum Gasteiger partial charge on any atom is -0.443 e. The zero-order chi connectivity index (χ0) is 13.0. The topological polar surface area (TPSA) is 67.2 Å². The second-order valence-electron chi connectivity index (χ2n) is 4.46. The van der Waals surface area contributed by atoms with Crippen LogP contribution in [0.25, 0.3) is 11.1 Å². The van der Waals surface area contributed by atoms with Crippen LogP contribution in [0.3, 0.4) is 0 Å². The lowest BCUT2D eigenvalue weighted by molar-refractivity contribution is 0.238. The molecule has 2 N–H and O–H groups in total. The van der Waals surface area contributed by atoms with Gasteiger partial charge in [-0.1, -0.05) is 6.07 Å². The van der Waals surface area contributed by atoms with Crippen molar-refractivity contribution in [2.45, 2.75) is 26.3 Å². The largest absolute Gasteiger partial charge is 0.443 e. The van der Waals surface area contributed by atoms with E-state index < -0.39 is 0 Å². The SMILES string of the molecule is CC(C)NC(=O)NCCc1ccc2ncoc2c1. The molecule has 0 unspecified atom stereocenters. The summed E-state index contributed by atoms with van der Waals surface area (Å²) >= 11 is 0. The van der Waals surface area contributed by atoms with Gasteiger partial charge in [-0.25, -0.2) is 9.78 Å². The molecule has 2 rings (SSSR count). The van der Waals surface area contributed by atoms with Gasteiger partial charge in [-0.2, -0.15) is 0 Å². The van der Waals surface area contributed by atoms with Gasteiger partial charge in [-0.15, -0.1) is 0 Å². The molecule has 0 aliphatic carbocycles. The number of rotatable bonds is 4. The van der Waals surface area contributed by atoms with Gasteiger partial charge in [0, 0.05) is 12.6 Å². The Kier molecular flexibility index (Phi) is 3.82. The van der Waals surface area contributed by atoms with Crippen molar-refractivity contribution < 1.29 is 9.21 Å². The van der Waals surface area contributed by atoms with Crippen LogP contribution < -0.4 is 10.6 Å². The smallest absolute Gasteiger partial charge is 0.314 e. The molecule has 0 bridgehead atoms. The van der Waals surface area contributed by atoms with E-state index in [2.05, 4.69) is 15.6 Å². The van der Waals surface area contributed by atoms with Gasteiger partial charge in [0.2, 0.25) is 0 Å². The summed E-state index contributed by atoms with van der Waals surface area (Å²) < 4.78 is 5.23. The second kappa shape index (κ2) is 5.53. The lowest BCUT2D eigenvalue weighted by Gasteiger charge is -2.09. The van der Waals surface area contributed by atoms with E-state index in [1.807, 2.05) is 32.0 Å². The molecule has 1 heterocycles. The molecule has 0 saturated carbocycles. The van der Waals surface area contributed by atoms with Gasteiger partial charge >= 0.3 is 6.03 Å². The monoisotopic (exact) mass is 247 g/mol. The van der Waals surface area contributed by atoms with Crippen LogP contribution in [0, 0.1) is 0 Å². The molecule has 0 saturated heterocycles. The molecule has 96 valence electrons. The van der Waals surface area contributed by atoms with Crippen LogP contribution in [0.1, 0.15) is 19.4 Å². The Hall–Kier alpha value is -2.04. The molecule has 0 fully saturated rings. The molecule has 0 aliphatic heterocycles. The molecule has 0 atom stereocenters. The maximum Gasteiger partial charge on any atom is 0.314 e. The van der Waals surface area contributed by atoms with Gasteiger partial charge in [0.1, 0.15) is 5.52 Å². The highest BCUT2D eigenvalue weighted by Gasteiger charge is 2.03. The van der Waals surface area contributed by atoms with E-state index in [0.717, 1.165) is 23.1 Å². The quantitative estimate of drug-likeness (QED) is 0.869. The molecule has 0 radical (unpaired) electrons. The summed E-state index contributed by atoms with van der Waals surface area (Å²) in [6, 6.07) is 5.88. The lowest BCUT2D eigenvalue weighted by atomic mass is 10.1. The van der Waals surface area contributed by atoms with Crippen molar-refractivity contribution >= 4 is 17.1 Å². The molecular formula is C13H17N3O2. The van der Waals surface area contributed by atoms with E-state index in [1.165, 1.54) is 6.39 Å². The molecule has 0 spiro atoms. The number of hydrogen-bond acceptors (Lipinski definition) is 3. The predicted molar refractivity (Wildman–Crippen MR) is 69.4 cm³/mol. The fourth-order valence-electron chi connectivity index (χ4n) is 1.69. The predicted octanol–water partition coefficient (Wildman–Crippen LogP) is 2.08. The van der Waals surface area contributed by atoms with Gasteiger partial charge in [-0.05, 0) is 38.0 Å². The maximum absolute atomic E-state index is 11.4. The van der Waals surface area contributed by atoms with Crippen molar-refractivity contribution in [2.24, 2.45) is 0 Å². The summed E-state index contributed by atoms with van der Waals surface area (Å²) in [6.45, 7) is 4.45. The number of nitrogens with zero attached hydrogens (tertiary/aromatic N) is 1. The van der Waals surface area contributed by atoms with Gasteiger partial charge in [-0.3, -0.25) is 0 Å². The lowest BCUT2D eigenvalue weighted by Crippen LogP contribution is -2.40. The number of aromatic nitrogens is 1. The number of urea groups is 1. The first-order chi connectivity index (χ1) is 8.65. The van der Waals surface area contributed by atoms with Crippen molar-refractivity contribution in [3.8, 4) is 0 Å². The number of carbonyl (C=O) groups is 1. The fourth-order valence-corrected chi connectivity index (χ4v) is 1.69. The van der Waals surface area contributed by atoms with Crippen LogP contribution in [0.5, 0.6) is 0 Å². The van der Waals surface area contributed by atoms with Gasteiger partial charge in [0.05, 0.1) is 0 Å². The molecule has 2 amide bonds. The van der Waals surface area contributed by atoms with Crippen LogP contribution in [-0.2, 0) is 6.42 Å². The third-order valence-corrected chi connectivity index (χ3v) is 2.51. The van der Waals surface area contributed by atoms with Crippen LogP contribution in [0.2, 0.25) is 0 Å². The molecule has 1 aromatic carbocycles. The van der Waals surface area contributed by atoms with Gasteiger partial charge in [0.15, 0.2) is 12.0 Å². The summed E-state index contributed by atoms with van der Waals surface area (Å²) in [4.78, 5) is 15.4. The third kappa shape index (κ3) is 3.23. The average molecular weight is 247 g/mol. The Morgan fingerprint density at radius 2 is 2.28 bits per heavy atom. The summed E-state index contributed by atoms with van der Waals surface area (Å²) in [7, 11) is 0. The Balaban J connectivity index is 1.84. The first kappa shape index (κ1) is 12.4. The van der Waals surface area contributed by atoms with Crippen LogP contribution in [0.15, 0.2) is 29.0 Å². The van der Waals surface area contributed by atoms with Gasteiger partial charge < -0.3 is 15.1 Å². The van der Waals surface area contributed by atoms with Crippen molar-refractivity contribution in [3.63, 3.8) is 0 Å². The first-order valence-electron chi connectivity index (χ1n) is 6.01. The summed E-state index contributed by atoms with van der Waals surface area (Å²) in [5, 5.41) is 5.58. The highest BCUT2D eigenvalue weighted by molar-refractivity contribution is 5.74. The van der Waals surface area contributed by atoms with Crippen molar-refractivity contribution in [1.29, 1.82) is 0 Å². The summed E-state index contributed by atoms with van der Waals surface area (Å²) in [5.41, 5.74) is 2.74. The third-order valence-electron chi connectivity index (χ3n) is 2.51. The van der Waals surface area contributed by atoms with E-state index in [9.17, 15) is 4.79 Å². The number of nitrogens with one attached hydrogen (secondary N) is 2. The van der Waals surface area contributed by atoms with E-state index in [0.29, 0.717) is 6.54 Å². The minimum atomic E-state index is -0.134. The molecule has 5 nitrogen and oxygen atoms in total. The van der Waals surface area contributed by atoms with Crippen molar-refractivity contribution in [3.05, 3.63) is 30.2 Å². The number of hydrogen-bond donors (Lipinski definition) is 2. The zero-order valence-corrected chi connectivity index (χ0v) is 10.6. The van der Waals surface area contributed by atoms with E-state index >= 15 is 0 Å². The standard InChI is InChI=1S/C13H17N3O2/c1-9(2)16-13(17)14-6-5-10-3-4-11-12(7-10)18-8-15-11/h3-4,7-9H,5-6H2,1-2H3,(H2,14,16,17). The summed E-state index contributed by atoms with van der Waals surface area (Å²) in [5.74, 6) is 0. The minimum absolute atomic E-state index is 0.134. The molecular weight excluding hydrogens is 230 g/mol. The van der Waals surface area contributed by atoms with E-state index in [1.54, 1.807) is 0 Å². The first-order valence-corrected chi connectivity index (χ1v) is 6.01. The number of fused-ring (bicyclic) bond motifs is 1. The Bertz CT molecular complexity index is 534. The molecule has 0 aliphatic rings. The van der Waals surface area contributed by atoms with Crippen LogP contribution in [0.4, 0.5) is 4.79 Å². The number of oxazole rings is 1. The Morgan fingerprint density at radius 1 is 1.44 bits per heavy atom. The van der Waals surface area contributed by atoms with Gasteiger partial charge in [0.25, 0.3) is 0 Å². The molecule has 18 heavy (non-hydrogen) atoms. The molecule has 5 heteroatoms. The van der Waals surface area contributed by atoms with Crippen molar-refractivity contribution in [1.82, 2.24) is 15.6 Å². The van der Waals surface area contributed by atoms with Crippen LogP contribution in [-0.4, -0.2) is 23.6 Å². The molecule has 2 aromatic rings. The number of amides is 2. The molecule has 1 aromatic heterocycles. The Morgan fingerprint density at radius 3 is 3.06 bits per heavy atom. The maximum atomic E-state index is 11.4. The van der Waals surface area contributed by atoms with Crippen molar-refractivity contribution in [2.75, 3.05) is 6.54 Å². The average Bonchev–Trinajstić information content (AvgIpc) is 2.75. The fraction of sp³-hybridized carbons (Fsp3) is 0.385. The number of carbonyl (C=O) groups excluding carboxylic acids is 1. The normalized spacial score (nSPS) is 10.8. The highest BCUT2D eigenvalue weighted by atomic mass is 16.3. The van der Waals surface area contributed by atoms with E-state index in [4.69, 9.17) is 4.42 Å². The second-order valence-corrected chi connectivity index (χ2v) is 4.46. The summed E-state index contributed by atoms with van der Waals surface area (Å²) in [6.07, 6.45) is 2.20. The number of benzene rings is 1.